The first kappa shape index (κ1) is 25.5. The molecule has 2 aliphatic rings. The highest BCUT2D eigenvalue weighted by atomic mass is 16.5. The number of nitrogens with one attached hydrogen (secondary N) is 1. The number of anilines is 1. The Bertz CT molecular complexity index is 1370. The molecule has 0 aliphatic carbocycles. The summed E-state index contributed by atoms with van der Waals surface area (Å²) in [7, 11) is 0. The summed E-state index contributed by atoms with van der Waals surface area (Å²) in [6, 6.07) is 23.1. The number of piperidine rings is 1. The zero-order valence-corrected chi connectivity index (χ0v) is 21.3. The number of benzene rings is 3. The Labute approximate surface area is 222 Å². The summed E-state index contributed by atoms with van der Waals surface area (Å²) >= 11 is 0. The van der Waals surface area contributed by atoms with Crippen molar-refractivity contribution in [2.24, 2.45) is 0 Å². The Balaban J connectivity index is 1.22. The van der Waals surface area contributed by atoms with Gasteiger partial charge in [-0.1, -0.05) is 42.2 Å². The maximum atomic E-state index is 12.9. The highest BCUT2D eigenvalue weighted by Gasteiger charge is 2.39. The SMILES string of the molecule is C[C@@H](O)[C@@H](C(=O)NO)N1Cc2cc(N3CCC(c4ccc(C#Cc5ccccc5)cc4)CC3)ccc2C1=O. The fourth-order valence-electron chi connectivity index (χ4n) is 5.41. The van der Waals surface area contributed by atoms with Crippen LogP contribution in [0.4, 0.5) is 5.69 Å². The van der Waals surface area contributed by atoms with Crippen molar-refractivity contribution in [1.82, 2.24) is 10.4 Å². The Morgan fingerprint density at radius 3 is 2.26 bits per heavy atom. The van der Waals surface area contributed by atoms with Crippen LogP contribution in [0.3, 0.4) is 0 Å². The fraction of sp³-hybridized carbons (Fsp3) is 0.290. The summed E-state index contributed by atoms with van der Waals surface area (Å²) < 4.78 is 0. The Morgan fingerprint density at radius 2 is 1.63 bits per heavy atom. The molecule has 2 amide bonds. The summed E-state index contributed by atoms with van der Waals surface area (Å²) in [4.78, 5) is 28.6. The van der Waals surface area contributed by atoms with Gasteiger partial charge in [0.25, 0.3) is 11.8 Å². The number of fused-ring (bicyclic) bond motifs is 1. The lowest BCUT2D eigenvalue weighted by atomic mass is 9.88. The number of aliphatic hydroxyl groups excluding tert-OH is 1. The van der Waals surface area contributed by atoms with Crippen LogP contribution in [0.15, 0.2) is 72.8 Å². The van der Waals surface area contributed by atoms with Crippen molar-refractivity contribution in [2.75, 3.05) is 18.0 Å². The minimum absolute atomic E-state index is 0.209. The predicted molar refractivity (Wildman–Crippen MR) is 145 cm³/mol. The monoisotopic (exact) mass is 509 g/mol. The molecular formula is C31H31N3O4. The van der Waals surface area contributed by atoms with Crippen molar-refractivity contribution in [1.29, 1.82) is 0 Å². The predicted octanol–water partition coefficient (Wildman–Crippen LogP) is 3.68. The van der Waals surface area contributed by atoms with Crippen molar-refractivity contribution in [2.45, 2.75) is 44.4 Å². The Hall–Kier alpha value is -4.12. The summed E-state index contributed by atoms with van der Waals surface area (Å²) in [5, 5.41) is 19.1. The number of carbonyl (C=O) groups excluding carboxylic acids is 2. The van der Waals surface area contributed by atoms with E-state index in [4.69, 9.17) is 5.21 Å². The number of carbonyl (C=O) groups is 2. The van der Waals surface area contributed by atoms with Crippen molar-refractivity contribution in [3.8, 4) is 11.8 Å². The van der Waals surface area contributed by atoms with Gasteiger partial charge in [-0.15, -0.1) is 0 Å². The summed E-state index contributed by atoms with van der Waals surface area (Å²) in [5.41, 5.74) is 7.29. The third kappa shape index (κ3) is 5.28. The molecule has 0 bridgehead atoms. The lowest BCUT2D eigenvalue weighted by molar-refractivity contribution is -0.137. The van der Waals surface area contributed by atoms with E-state index in [9.17, 15) is 14.7 Å². The van der Waals surface area contributed by atoms with Crippen LogP contribution in [0.5, 0.6) is 0 Å². The molecule has 2 aliphatic heterocycles. The van der Waals surface area contributed by atoms with Crippen molar-refractivity contribution < 1.29 is 19.9 Å². The van der Waals surface area contributed by atoms with Gasteiger partial charge in [-0.25, -0.2) is 5.48 Å². The summed E-state index contributed by atoms with van der Waals surface area (Å²) in [6.07, 6.45) is 0.930. The highest BCUT2D eigenvalue weighted by molar-refractivity contribution is 6.01. The van der Waals surface area contributed by atoms with Gasteiger partial charge in [0.1, 0.15) is 6.04 Å². The molecule has 1 fully saturated rings. The first-order chi connectivity index (χ1) is 18.4. The van der Waals surface area contributed by atoms with Crippen LogP contribution in [0.2, 0.25) is 0 Å². The van der Waals surface area contributed by atoms with Crippen LogP contribution >= 0.6 is 0 Å². The van der Waals surface area contributed by atoms with E-state index in [0.717, 1.165) is 48.3 Å². The quantitative estimate of drug-likeness (QED) is 0.277. The maximum Gasteiger partial charge on any atom is 0.268 e. The molecule has 3 aromatic carbocycles. The van der Waals surface area contributed by atoms with Gasteiger partial charge in [0, 0.05) is 42.0 Å². The summed E-state index contributed by atoms with van der Waals surface area (Å²) in [5.74, 6) is 5.79. The van der Waals surface area contributed by atoms with E-state index < -0.39 is 18.1 Å². The van der Waals surface area contributed by atoms with Gasteiger partial charge in [-0.3, -0.25) is 14.8 Å². The smallest absolute Gasteiger partial charge is 0.268 e. The number of hydrogen-bond donors (Lipinski definition) is 3. The van der Waals surface area contributed by atoms with E-state index >= 15 is 0 Å². The van der Waals surface area contributed by atoms with E-state index in [1.54, 1.807) is 11.5 Å². The second-order valence-electron chi connectivity index (χ2n) is 9.94. The zero-order valence-electron chi connectivity index (χ0n) is 21.3. The van der Waals surface area contributed by atoms with Gasteiger partial charge < -0.3 is 14.9 Å². The van der Waals surface area contributed by atoms with Gasteiger partial charge in [-0.2, -0.15) is 0 Å². The second-order valence-corrected chi connectivity index (χ2v) is 9.94. The number of amides is 2. The van der Waals surface area contributed by atoms with Crippen LogP contribution in [0.25, 0.3) is 0 Å². The van der Waals surface area contributed by atoms with E-state index in [0.29, 0.717) is 11.5 Å². The van der Waals surface area contributed by atoms with Crippen LogP contribution in [-0.2, 0) is 11.3 Å². The molecule has 5 rings (SSSR count). The standard InChI is InChI=1S/C31H31N3O4/c1-21(35)29(30(36)32-38)34-20-26-19-27(13-14-28(26)31(34)37)33-17-15-25(16-18-33)24-11-9-23(10-12-24)8-7-22-5-3-2-4-6-22/h2-6,9-14,19,21,25,29,35,38H,15-18,20H2,1H3,(H,32,36)/t21-,29+/m1/s1. The average molecular weight is 510 g/mol. The first-order valence-corrected chi connectivity index (χ1v) is 12.9. The number of aliphatic hydroxyl groups is 1. The van der Waals surface area contributed by atoms with Gasteiger partial charge >= 0.3 is 0 Å². The topological polar surface area (TPSA) is 93.1 Å². The number of rotatable bonds is 5. The lowest BCUT2D eigenvalue weighted by Gasteiger charge is -2.34. The fourth-order valence-corrected chi connectivity index (χ4v) is 5.41. The van der Waals surface area contributed by atoms with E-state index in [1.807, 2.05) is 42.5 Å². The molecule has 0 spiro atoms. The van der Waals surface area contributed by atoms with Crippen LogP contribution in [0.1, 0.15) is 58.3 Å². The normalized spacial score (nSPS) is 16.9. The highest BCUT2D eigenvalue weighted by Crippen LogP contribution is 2.34. The number of hydrogen-bond acceptors (Lipinski definition) is 5. The maximum absolute atomic E-state index is 12.9. The molecule has 0 saturated carbocycles. The van der Waals surface area contributed by atoms with Crippen molar-refractivity contribution in [3.63, 3.8) is 0 Å². The minimum atomic E-state index is -1.16. The molecule has 0 radical (unpaired) electrons. The minimum Gasteiger partial charge on any atom is -0.391 e. The molecule has 194 valence electrons. The molecule has 0 aromatic heterocycles. The Kier molecular flexibility index (Phi) is 7.45. The van der Waals surface area contributed by atoms with Gasteiger partial charge in [0.05, 0.1) is 6.10 Å². The van der Waals surface area contributed by atoms with Gasteiger partial charge in [0.15, 0.2) is 0 Å². The van der Waals surface area contributed by atoms with E-state index in [2.05, 4.69) is 41.0 Å². The zero-order chi connectivity index (χ0) is 26.6. The average Bonchev–Trinajstić information content (AvgIpc) is 3.27. The largest absolute Gasteiger partial charge is 0.391 e. The molecule has 0 unspecified atom stereocenters. The van der Waals surface area contributed by atoms with Crippen LogP contribution < -0.4 is 10.4 Å². The molecule has 7 heteroatoms. The summed E-state index contributed by atoms with van der Waals surface area (Å²) in [6.45, 7) is 3.44. The van der Waals surface area contributed by atoms with Gasteiger partial charge in [0.2, 0.25) is 0 Å². The van der Waals surface area contributed by atoms with Crippen LogP contribution in [0, 0.1) is 11.8 Å². The lowest BCUT2D eigenvalue weighted by Crippen LogP contribution is -2.52. The molecule has 3 aromatic rings. The van der Waals surface area contributed by atoms with Crippen molar-refractivity contribution in [3.05, 3.63) is 101 Å². The van der Waals surface area contributed by atoms with Crippen molar-refractivity contribution >= 4 is 17.5 Å². The molecule has 38 heavy (non-hydrogen) atoms. The van der Waals surface area contributed by atoms with E-state index in [-0.39, 0.29) is 12.5 Å². The molecule has 2 heterocycles. The molecule has 1 saturated heterocycles. The third-order valence-electron chi connectivity index (χ3n) is 7.46. The molecule has 2 atom stereocenters. The number of hydroxylamine groups is 1. The Morgan fingerprint density at radius 1 is 0.974 bits per heavy atom. The molecular weight excluding hydrogens is 478 g/mol. The molecule has 7 nitrogen and oxygen atoms in total. The molecule has 3 N–H and O–H groups in total. The number of nitrogens with zero attached hydrogens (tertiary/aromatic N) is 2. The third-order valence-corrected chi connectivity index (χ3v) is 7.46. The van der Waals surface area contributed by atoms with Crippen LogP contribution in [-0.4, -0.2) is 52.3 Å². The van der Waals surface area contributed by atoms with Gasteiger partial charge in [-0.05, 0) is 79.3 Å². The van der Waals surface area contributed by atoms with E-state index in [1.165, 1.54) is 17.4 Å². The first-order valence-electron chi connectivity index (χ1n) is 12.9. The second kappa shape index (κ2) is 11.1.